The van der Waals surface area contributed by atoms with Crippen molar-refractivity contribution in [2.75, 3.05) is 12.0 Å². The van der Waals surface area contributed by atoms with Crippen LogP contribution >= 0.6 is 0 Å². The topological polar surface area (TPSA) is 63.2 Å². The molecule has 2 unspecified atom stereocenters. The van der Waals surface area contributed by atoms with E-state index in [9.17, 15) is 13.2 Å². The van der Waals surface area contributed by atoms with Crippen molar-refractivity contribution < 1.29 is 13.2 Å². The molecule has 5 heteroatoms. The average Bonchev–Trinajstić information content (AvgIpc) is 2.42. The lowest BCUT2D eigenvalue weighted by Gasteiger charge is -2.19. The molecular formula is C17H27NO3S. The van der Waals surface area contributed by atoms with Crippen molar-refractivity contribution in [2.45, 2.75) is 45.6 Å². The van der Waals surface area contributed by atoms with Crippen LogP contribution in [0.1, 0.15) is 38.7 Å². The first-order valence-electron chi connectivity index (χ1n) is 7.84. The summed E-state index contributed by atoms with van der Waals surface area (Å²) in [5, 5.41) is 2.84. The molecule has 0 aliphatic carbocycles. The van der Waals surface area contributed by atoms with Gasteiger partial charge in [-0.2, -0.15) is 0 Å². The van der Waals surface area contributed by atoms with Gasteiger partial charge in [-0.05, 0) is 31.7 Å². The van der Waals surface area contributed by atoms with Gasteiger partial charge in [0.15, 0.2) is 0 Å². The fourth-order valence-corrected chi connectivity index (χ4v) is 3.59. The monoisotopic (exact) mass is 325 g/mol. The van der Waals surface area contributed by atoms with Gasteiger partial charge in [0, 0.05) is 18.2 Å². The quantitative estimate of drug-likeness (QED) is 0.759. The number of sulfone groups is 1. The van der Waals surface area contributed by atoms with E-state index in [1.54, 1.807) is 6.92 Å². The lowest BCUT2D eigenvalue weighted by molar-refractivity contribution is -0.125. The van der Waals surface area contributed by atoms with Crippen molar-refractivity contribution >= 4 is 15.7 Å². The molecule has 0 aliphatic heterocycles. The highest BCUT2D eigenvalue weighted by Gasteiger charge is 2.20. The molecule has 22 heavy (non-hydrogen) atoms. The number of carbonyl (C=O) groups is 1. The van der Waals surface area contributed by atoms with Gasteiger partial charge < -0.3 is 5.32 Å². The average molecular weight is 325 g/mol. The zero-order valence-electron chi connectivity index (χ0n) is 13.7. The number of carbonyl (C=O) groups excluding carboxylic acids is 1. The number of aryl methyl sites for hydroxylation is 1. The summed E-state index contributed by atoms with van der Waals surface area (Å²) < 4.78 is 22.6. The van der Waals surface area contributed by atoms with Gasteiger partial charge in [-0.25, -0.2) is 8.42 Å². The van der Waals surface area contributed by atoms with Crippen LogP contribution in [0.2, 0.25) is 0 Å². The fraction of sp³-hybridized carbons (Fsp3) is 0.588. The first kappa shape index (κ1) is 18.7. The highest BCUT2D eigenvalue weighted by atomic mass is 32.2. The Morgan fingerprint density at radius 3 is 2.36 bits per heavy atom. The largest absolute Gasteiger partial charge is 0.352 e. The molecule has 0 fully saturated rings. The molecule has 1 amide bonds. The molecule has 0 spiro atoms. The van der Waals surface area contributed by atoms with E-state index in [1.807, 2.05) is 18.2 Å². The third kappa shape index (κ3) is 7.59. The Morgan fingerprint density at radius 1 is 1.18 bits per heavy atom. The van der Waals surface area contributed by atoms with Gasteiger partial charge in [-0.3, -0.25) is 4.79 Å². The van der Waals surface area contributed by atoms with Gasteiger partial charge in [0.25, 0.3) is 0 Å². The molecule has 0 radical (unpaired) electrons. The van der Waals surface area contributed by atoms with E-state index in [-0.39, 0.29) is 23.6 Å². The molecule has 1 rings (SSSR count). The lowest BCUT2D eigenvalue weighted by Crippen LogP contribution is -2.41. The molecule has 1 N–H and O–H groups in total. The minimum atomic E-state index is -3.08. The van der Waals surface area contributed by atoms with Crippen molar-refractivity contribution in [3.05, 3.63) is 35.9 Å². The maximum atomic E-state index is 12.3. The number of hydrogen-bond acceptors (Lipinski definition) is 3. The second-order valence-corrected chi connectivity index (χ2v) is 8.20. The molecule has 0 saturated carbocycles. The minimum absolute atomic E-state index is 0.0176. The van der Waals surface area contributed by atoms with Crippen LogP contribution in [-0.4, -0.2) is 32.4 Å². The van der Waals surface area contributed by atoms with Crippen LogP contribution < -0.4 is 5.32 Å². The summed E-state index contributed by atoms with van der Waals surface area (Å²) in [5.41, 5.74) is 1.22. The highest BCUT2D eigenvalue weighted by molar-refractivity contribution is 7.90. The molecule has 0 saturated heterocycles. The summed E-state index contributed by atoms with van der Waals surface area (Å²) >= 11 is 0. The molecule has 0 heterocycles. The Hall–Kier alpha value is -1.36. The molecular weight excluding hydrogens is 298 g/mol. The molecule has 4 nitrogen and oxygen atoms in total. The zero-order chi connectivity index (χ0) is 16.6. The maximum Gasteiger partial charge on any atom is 0.223 e. The maximum absolute atomic E-state index is 12.3. The van der Waals surface area contributed by atoms with Gasteiger partial charge in [0.1, 0.15) is 9.84 Å². The van der Waals surface area contributed by atoms with Crippen LogP contribution in [0, 0.1) is 5.92 Å². The van der Waals surface area contributed by atoms with E-state index in [0.717, 1.165) is 25.7 Å². The van der Waals surface area contributed by atoms with E-state index < -0.39 is 9.84 Å². The van der Waals surface area contributed by atoms with Crippen LogP contribution in [-0.2, 0) is 21.1 Å². The Balaban J connectivity index is 2.56. The number of amides is 1. The third-order valence-electron chi connectivity index (χ3n) is 3.57. The van der Waals surface area contributed by atoms with Crippen LogP contribution in [0.4, 0.5) is 0 Å². The van der Waals surface area contributed by atoms with Gasteiger partial charge in [-0.1, -0.05) is 43.7 Å². The number of hydrogen-bond donors (Lipinski definition) is 1. The van der Waals surface area contributed by atoms with Crippen molar-refractivity contribution in [1.82, 2.24) is 5.32 Å². The lowest BCUT2D eigenvalue weighted by atomic mass is 9.94. The van der Waals surface area contributed by atoms with Crippen molar-refractivity contribution in [3.63, 3.8) is 0 Å². The van der Waals surface area contributed by atoms with E-state index in [1.165, 1.54) is 11.8 Å². The Labute approximate surface area is 134 Å². The summed E-state index contributed by atoms with van der Waals surface area (Å²) in [5.74, 6) is -0.114. The normalized spacial score (nSPS) is 14.3. The predicted molar refractivity (Wildman–Crippen MR) is 90.5 cm³/mol. The summed E-state index contributed by atoms with van der Waals surface area (Å²) in [6, 6.07) is 9.75. The molecule has 0 bridgehead atoms. The van der Waals surface area contributed by atoms with E-state index in [2.05, 4.69) is 24.4 Å². The summed E-state index contributed by atoms with van der Waals surface area (Å²) in [6.07, 6.45) is 4.60. The minimum Gasteiger partial charge on any atom is -0.352 e. The number of benzene rings is 1. The van der Waals surface area contributed by atoms with E-state index in [4.69, 9.17) is 0 Å². The molecule has 0 aliphatic rings. The molecule has 124 valence electrons. The second-order valence-electron chi connectivity index (χ2n) is 6.01. The van der Waals surface area contributed by atoms with Gasteiger partial charge in [-0.15, -0.1) is 0 Å². The fourth-order valence-electron chi connectivity index (χ4n) is 2.60. The third-order valence-corrected chi connectivity index (χ3v) is 4.68. The van der Waals surface area contributed by atoms with Gasteiger partial charge >= 0.3 is 0 Å². The molecule has 1 aromatic rings. The number of rotatable bonds is 9. The smallest absolute Gasteiger partial charge is 0.223 e. The standard InChI is InChI=1S/C17H27NO3S/c1-4-8-16(12-11-15-9-6-5-7-10-15)17(19)18-14(2)13-22(3,20)21/h5-7,9-10,14,16H,4,8,11-13H2,1-3H3,(H,18,19). The van der Waals surface area contributed by atoms with Crippen LogP contribution in [0.25, 0.3) is 0 Å². The second kappa shape index (κ2) is 8.93. The van der Waals surface area contributed by atoms with Crippen molar-refractivity contribution in [2.24, 2.45) is 5.92 Å². The molecule has 0 aromatic heterocycles. The first-order valence-corrected chi connectivity index (χ1v) is 9.90. The predicted octanol–water partition coefficient (Wildman–Crippen LogP) is 2.58. The van der Waals surface area contributed by atoms with Gasteiger partial charge in [0.05, 0.1) is 5.75 Å². The Bertz CT molecular complexity index is 555. The van der Waals surface area contributed by atoms with Crippen LogP contribution in [0.5, 0.6) is 0 Å². The first-order chi connectivity index (χ1) is 10.3. The highest BCUT2D eigenvalue weighted by Crippen LogP contribution is 2.16. The van der Waals surface area contributed by atoms with Crippen LogP contribution in [0.15, 0.2) is 30.3 Å². The van der Waals surface area contributed by atoms with Gasteiger partial charge in [0.2, 0.25) is 5.91 Å². The Morgan fingerprint density at radius 2 is 1.82 bits per heavy atom. The van der Waals surface area contributed by atoms with E-state index >= 15 is 0 Å². The van der Waals surface area contributed by atoms with Crippen molar-refractivity contribution in [1.29, 1.82) is 0 Å². The van der Waals surface area contributed by atoms with Crippen molar-refractivity contribution in [3.8, 4) is 0 Å². The molecule has 2 atom stereocenters. The summed E-state index contributed by atoms with van der Waals surface area (Å²) in [6.45, 7) is 3.79. The SMILES string of the molecule is CCCC(CCc1ccccc1)C(=O)NC(C)CS(C)(=O)=O. The van der Waals surface area contributed by atoms with Crippen LogP contribution in [0.3, 0.4) is 0 Å². The summed E-state index contributed by atoms with van der Waals surface area (Å²) in [7, 11) is -3.08. The van der Waals surface area contributed by atoms with E-state index in [0.29, 0.717) is 0 Å². The zero-order valence-corrected chi connectivity index (χ0v) is 14.5. The summed E-state index contributed by atoms with van der Waals surface area (Å²) in [4.78, 5) is 12.3. The number of nitrogens with one attached hydrogen (secondary N) is 1. The Kier molecular flexibility index (Phi) is 7.59. The molecule has 1 aromatic carbocycles.